The Labute approximate surface area is 358 Å². The van der Waals surface area contributed by atoms with Crippen LogP contribution < -0.4 is 14.8 Å². The molecule has 0 amide bonds. The minimum absolute atomic E-state index is 0.239. The number of allylic oxidation sites excluding steroid dienone is 6. The van der Waals surface area contributed by atoms with E-state index in [0.29, 0.717) is 37.2 Å². The van der Waals surface area contributed by atoms with Crippen molar-refractivity contribution in [3.63, 3.8) is 0 Å². The van der Waals surface area contributed by atoms with Crippen LogP contribution in [-0.4, -0.2) is 53.8 Å². The van der Waals surface area contributed by atoms with Gasteiger partial charge in [0.25, 0.3) is 5.78 Å². The number of Topliss-reactive ketones (excluding diaryl/α,β-unsaturated/α-hetero) is 1. The molecule has 0 bridgehead atoms. The fourth-order valence-corrected chi connectivity index (χ4v) is 8.38. The second-order valence-electron chi connectivity index (χ2n) is 15.7. The number of halogens is 7. The molecular weight excluding hydrogens is 808 g/mol. The van der Waals surface area contributed by atoms with E-state index in [4.69, 9.17) is 9.47 Å². The highest BCUT2D eigenvalue weighted by Crippen LogP contribution is 2.42. The first kappa shape index (κ1) is 46.2. The summed E-state index contributed by atoms with van der Waals surface area (Å²) in [7, 11) is -6.00. The van der Waals surface area contributed by atoms with Gasteiger partial charge in [0, 0.05) is 63.1 Å². The maximum Gasteiger partial charge on any atom is 0.673 e. The molecule has 1 aliphatic carbocycles. The lowest BCUT2D eigenvalue weighted by Crippen LogP contribution is -2.25. The summed E-state index contributed by atoms with van der Waals surface area (Å²) in [5.74, 6) is -0.127. The van der Waals surface area contributed by atoms with Crippen LogP contribution in [0.25, 0.3) is 38.5 Å². The lowest BCUT2D eigenvalue weighted by atomic mass is 9.99. The molecule has 0 fully saturated rings. The number of nitrogens with zero attached hydrogens (tertiary/aromatic N) is 2. The summed E-state index contributed by atoms with van der Waals surface area (Å²) in [5, 5.41) is 6.15. The van der Waals surface area contributed by atoms with Crippen molar-refractivity contribution in [2.75, 3.05) is 19.8 Å². The van der Waals surface area contributed by atoms with E-state index in [0.717, 1.165) is 131 Å². The van der Waals surface area contributed by atoms with Gasteiger partial charge in [-0.1, -0.05) is 95.9 Å². The standard InChI is InChI=1S/C49H54F3N2O3.BF4/c1-5-9-29-53-39(35-15-13-17-37-43(56-31-11-7-3)27-25-41(53)46(35)37)23-21-33-19-20-34(45(33)48(55)49(50,51)52)22-24-40-36-16-14-18-38-44(57-32-12-8-4)28-26-42(47(36)38)54(40)30-10-6-2;2-1(3,4)5/h13-18,21-28H,5-12,19-20,29-32H2,1-4H3;/q+1;-1. The Kier molecular flexibility index (Phi) is 15.1. The minimum Gasteiger partial charge on any atom is -0.493 e. The van der Waals surface area contributed by atoms with Crippen molar-refractivity contribution in [2.45, 2.75) is 105 Å². The van der Waals surface area contributed by atoms with E-state index in [1.807, 2.05) is 36.4 Å². The topological polar surface area (TPSA) is 43.5 Å². The number of unbranched alkanes of at least 4 members (excludes halogenated alkanes) is 4. The van der Waals surface area contributed by atoms with Crippen LogP contribution in [0.4, 0.5) is 36.1 Å². The number of aryl methyl sites for hydroxylation is 1. The summed E-state index contributed by atoms with van der Waals surface area (Å²) in [6.07, 6.45) is 10.9. The van der Waals surface area contributed by atoms with Gasteiger partial charge in [0.15, 0.2) is 0 Å². The van der Waals surface area contributed by atoms with Crippen molar-refractivity contribution in [1.29, 1.82) is 0 Å². The van der Waals surface area contributed by atoms with Crippen LogP contribution in [0, 0.1) is 0 Å². The van der Waals surface area contributed by atoms with Crippen molar-refractivity contribution in [2.24, 2.45) is 0 Å². The second-order valence-corrected chi connectivity index (χ2v) is 15.7. The normalized spacial score (nSPS) is 15.3. The molecule has 1 aromatic heterocycles. The number of carbonyl (C=O) groups is 1. The lowest BCUT2D eigenvalue weighted by molar-refractivity contribution is -0.436. The molecule has 5 nitrogen and oxygen atoms in total. The Bertz CT molecular complexity index is 2590. The highest BCUT2D eigenvalue weighted by Gasteiger charge is 2.44. The first-order valence-corrected chi connectivity index (χ1v) is 21.8. The molecule has 2 heterocycles. The quantitative estimate of drug-likeness (QED) is 0.0381. The largest absolute Gasteiger partial charge is 0.673 e. The number of hydrogen-bond donors (Lipinski definition) is 0. The average Bonchev–Trinajstić information content (AvgIpc) is 3.88. The summed E-state index contributed by atoms with van der Waals surface area (Å²) >= 11 is 0. The summed E-state index contributed by atoms with van der Waals surface area (Å²) in [6.45, 7) is 11.4. The third-order valence-corrected chi connectivity index (χ3v) is 11.3. The van der Waals surface area contributed by atoms with E-state index in [1.165, 1.54) is 0 Å². The number of ether oxygens (including phenoxy) is 2. The average molecular weight is 863 g/mol. The second kappa shape index (κ2) is 20.2. The van der Waals surface area contributed by atoms with Crippen molar-refractivity contribution in [3.05, 3.63) is 107 Å². The molecule has 330 valence electrons. The van der Waals surface area contributed by atoms with Crippen LogP contribution in [0.3, 0.4) is 0 Å². The summed E-state index contributed by atoms with van der Waals surface area (Å²) in [5.41, 5.74) is 4.64. The maximum absolute atomic E-state index is 14.4. The molecule has 62 heavy (non-hydrogen) atoms. The number of aromatic nitrogens is 1. The molecule has 0 radical (unpaired) electrons. The van der Waals surface area contributed by atoms with Crippen LogP contribution >= 0.6 is 0 Å². The van der Waals surface area contributed by atoms with Gasteiger partial charge in [-0.2, -0.15) is 17.7 Å². The zero-order valence-corrected chi connectivity index (χ0v) is 35.8. The zero-order chi connectivity index (χ0) is 44.6. The Balaban J connectivity index is 0.00000121. The van der Waals surface area contributed by atoms with Crippen LogP contribution in [0.2, 0.25) is 0 Å². The minimum atomic E-state index is -6.00. The van der Waals surface area contributed by atoms with Crippen LogP contribution in [-0.2, 0) is 11.3 Å². The Morgan fingerprint density at radius 3 is 1.95 bits per heavy atom. The summed E-state index contributed by atoms with van der Waals surface area (Å²) in [6, 6.07) is 20.6. The fourth-order valence-electron chi connectivity index (χ4n) is 8.38. The number of carbonyl (C=O) groups excluding carboxylic acids is 1. The van der Waals surface area contributed by atoms with Gasteiger partial charge >= 0.3 is 13.4 Å². The van der Waals surface area contributed by atoms with E-state index in [9.17, 15) is 35.2 Å². The van der Waals surface area contributed by atoms with Crippen molar-refractivity contribution in [3.8, 4) is 11.5 Å². The molecule has 0 N–H and O–H groups in total. The zero-order valence-electron chi connectivity index (χ0n) is 35.8. The molecule has 13 heteroatoms. The molecule has 1 aliphatic heterocycles. The molecule has 0 saturated carbocycles. The molecule has 0 saturated heterocycles. The van der Waals surface area contributed by atoms with E-state index in [-0.39, 0.29) is 5.57 Å². The Hall–Kier alpha value is -5.33. The van der Waals surface area contributed by atoms with Gasteiger partial charge in [0.1, 0.15) is 18.0 Å². The van der Waals surface area contributed by atoms with E-state index in [1.54, 1.807) is 12.2 Å². The van der Waals surface area contributed by atoms with Gasteiger partial charge in [-0.3, -0.25) is 4.79 Å². The third kappa shape index (κ3) is 10.3. The molecule has 2 aliphatic rings. The van der Waals surface area contributed by atoms with Gasteiger partial charge in [-0.05, 0) is 73.6 Å². The van der Waals surface area contributed by atoms with Crippen molar-refractivity contribution >= 4 is 63.0 Å². The lowest BCUT2D eigenvalue weighted by Gasteiger charge is -2.10. The van der Waals surface area contributed by atoms with Gasteiger partial charge in [-0.15, -0.1) is 0 Å². The van der Waals surface area contributed by atoms with Gasteiger partial charge in [0.05, 0.1) is 24.2 Å². The molecular formula is C49H54BF7N2O3. The molecule has 7 rings (SSSR count). The Morgan fingerprint density at radius 1 is 0.726 bits per heavy atom. The number of hydrogen-bond acceptors (Lipinski definition) is 3. The van der Waals surface area contributed by atoms with E-state index in [2.05, 4.69) is 73.2 Å². The molecule has 0 atom stereocenters. The fraction of sp³-hybridized carbons (Fsp3) is 0.388. The third-order valence-electron chi connectivity index (χ3n) is 11.3. The predicted molar refractivity (Wildman–Crippen MR) is 237 cm³/mol. The maximum atomic E-state index is 14.4. The van der Waals surface area contributed by atoms with Gasteiger partial charge in [0.2, 0.25) is 11.4 Å². The first-order chi connectivity index (χ1) is 29.7. The molecule has 0 unspecified atom stereocenters. The van der Waals surface area contributed by atoms with Gasteiger partial charge < -0.3 is 31.3 Å². The number of alkyl halides is 3. The van der Waals surface area contributed by atoms with Crippen LogP contribution in [0.1, 0.15) is 97.5 Å². The molecule has 0 spiro atoms. The summed E-state index contributed by atoms with van der Waals surface area (Å²) < 4.78 is 99.1. The van der Waals surface area contributed by atoms with Gasteiger partial charge in [-0.25, -0.2) is 0 Å². The first-order valence-electron chi connectivity index (χ1n) is 21.8. The number of rotatable bonds is 18. The predicted octanol–water partition coefficient (Wildman–Crippen LogP) is 13.6. The highest BCUT2D eigenvalue weighted by atomic mass is 19.5. The number of benzene rings is 4. The molecule has 5 aromatic rings. The van der Waals surface area contributed by atoms with Crippen LogP contribution in [0.15, 0.2) is 95.6 Å². The Morgan fingerprint density at radius 2 is 1.32 bits per heavy atom. The van der Waals surface area contributed by atoms with Crippen molar-refractivity contribution < 1.29 is 49.3 Å². The summed E-state index contributed by atoms with van der Waals surface area (Å²) in [4.78, 5) is 13.3. The smallest absolute Gasteiger partial charge is 0.493 e. The SMILES string of the molecule is CCCCOc1ccc2c3c(cccc13)C(C=CC1=C(C(=O)C(F)(F)F)C(=CC=c3c4cccc5c(OCCCC)ccc(c54)n3CCCC)CC1)=[N+]2CCCC.F[B-](F)(F)F. The monoisotopic (exact) mass is 862 g/mol. The molecule has 4 aromatic carbocycles. The van der Waals surface area contributed by atoms with E-state index >= 15 is 0 Å². The van der Waals surface area contributed by atoms with Crippen molar-refractivity contribution in [1.82, 2.24) is 4.57 Å². The number of ketones is 1. The van der Waals surface area contributed by atoms with E-state index < -0.39 is 19.2 Å². The van der Waals surface area contributed by atoms with Crippen LogP contribution in [0.5, 0.6) is 11.5 Å². The highest BCUT2D eigenvalue weighted by molar-refractivity contribution is 6.50.